The molecular formula is C26H19N3O6. The summed E-state index contributed by atoms with van der Waals surface area (Å²) in [5.74, 6) is -0.961. The van der Waals surface area contributed by atoms with Crippen molar-refractivity contribution in [3.05, 3.63) is 59.7 Å². The summed E-state index contributed by atoms with van der Waals surface area (Å²) in [4.78, 5) is 26.4. The lowest BCUT2D eigenvalue weighted by molar-refractivity contribution is -0.309. The van der Waals surface area contributed by atoms with Gasteiger partial charge in [-0.3, -0.25) is 14.9 Å². The molecule has 1 fully saturated rings. The lowest BCUT2D eigenvalue weighted by Crippen LogP contribution is -2.61. The topological polar surface area (TPSA) is 126 Å². The van der Waals surface area contributed by atoms with Crippen LogP contribution in [-0.2, 0) is 10.5 Å². The number of hydrogen-bond acceptors (Lipinski definition) is 6. The van der Waals surface area contributed by atoms with E-state index in [1.54, 1.807) is 11.5 Å². The van der Waals surface area contributed by atoms with Crippen molar-refractivity contribution in [1.82, 2.24) is 14.5 Å². The van der Waals surface area contributed by atoms with Gasteiger partial charge in [0.1, 0.15) is 18.3 Å². The predicted molar refractivity (Wildman–Crippen MR) is 126 cm³/mol. The van der Waals surface area contributed by atoms with Crippen LogP contribution in [0.5, 0.6) is 0 Å². The first-order valence-corrected chi connectivity index (χ1v) is 11.4. The number of aliphatic hydroxyl groups is 3. The number of amides is 2. The van der Waals surface area contributed by atoms with Crippen molar-refractivity contribution in [2.24, 2.45) is 0 Å². The van der Waals surface area contributed by atoms with Crippen molar-refractivity contribution >= 4 is 55.4 Å². The van der Waals surface area contributed by atoms with Gasteiger partial charge in [0.2, 0.25) is 0 Å². The molecule has 2 amide bonds. The quantitative estimate of drug-likeness (QED) is 0.257. The van der Waals surface area contributed by atoms with E-state index in [-0.39, 0.29) is 11.1 Å². The average Bonchev–Trinajstić information content (AvgIpc) is 3.45. The Labute approximate surface area is 196 Å². The summed E-state index contributed by atoms with van der Waals surface area (Å²) in [7, 11) is 0. The van der Waals surface area contributed by atoms with Crippen molar-refractivity contribution in [3.63, 3.8) is 0 Å². The summed E-state index contributed by atoms with van der Waals surface area (Å²) in [5.41, 5.74) is 1.65. The fourth-order valence-electron chi connectivity index (χ4n) is 6.57. The molecule has 3 aliphatic heterocycles. The minimum Gasteiger partial charge on any atom is -0.387 e. The molecular weight excluding hydrogens is 450 g/mol. The lowest BCUT2D eigenvalue weighted by atomic mass is 9.93. The number of imide groups is 1. The minimum atomic E-state index is -1.50. The maximum atomic E-state index is 13.2. The minimum absolute atomic E-state index is 0.283. The zero-order chi connectivity index (χ0) is 24.0. The molecule has 3 aromatic carbocycles. The Balaban J connectivity index is 1.78. The third kappa shape index (κ3) is 1.95. The monoisotopic (exact) mass is 469 g/mol. The normalized spacial score (nSPS) is 29.5. The maximum absolute atomic E-state index is 13.2. The lowest BCUT2D eigenvalue weighted by Gasteiger charge is -2.47. The molecule has 5 atom stereocenters. The van der Waals surface area contributed by atoms with E-state index >= 15 is 0 Å². The van der Waals surface area contributed by atoms with E-state index in [0.29, 0.717) is 32.8 Å². The maximum Gasteiger partial charge on any atom is 0.259 e. The molecule has 1 saturated heterocycles. The van der Waals surface area contributed by atoms with Crippen LogP contribution in [0.25, 0.3) is 43.6 Å². The molecule has 0 radical (unpaired) electrons. The van der Waals surface area contributed by atoms with Crippen LogP contribution in [0.3, 0.4) is 0 Å². The smallest absolute Gasteiger partial charge is 0.259 e. The number of fused-ring (bicyclic) bond motifs is 13. The van der Waals surface area contributed by atoms with Crippen LogP contribution in [0, 0.1) is 0 Å². The number of rotatable bonds is 0. The number of nitrogens with zero attached hydrogens (tertiary/aromatic N) is 2. The molecule has 2 bridgehead atoms. The Bertz CT molecular complexity index is 1830. The van der Waals surface area contributed by atoms with Crippen LogP contribution in [0.4, 0.5) is 0 Å². The molecule has 174 valence electrons. The molecule has 0 aliphatic carbocycles. The van der Waals surface area contributed by atoms with Gasteiger partial charge >= 0.3 is 0 Å². The number of aliphatic hydroxyl groups excluding tert-OH is 3. The van der Waals surface area contributed by atoms with E-state index in [2.05, 4.69) is 5.32 Å². The van der Waals surface area contributed by atoms with Gasteiger partial charge in [-0.2, -0.15) is 0 Å². The number of ether oxygens (including phenoxy) is 1. The average molecular weight is 469 g/mol. The van der Waals surface area contributed by atoms with E-state index in [1.807, 2.05) is 53.1 Å². The first-order chi connectivity index (χ1) is 16.8. The van der Waals surface area contributed by atoms with Gasteiger partial charge in [0.25, 0.3) is 11.8 Å². The van der Waals surface area contributed by atoms with E-state index in [1.165, 1.54) is 0 Å². The van der Waals surface area contributed by atoms with Gasteiger partial charge in [0.05, 0.1) is 33.2 Å². The Morgan fingerprint density at radius 1 is 0.829 bits per heavy atom. The third-order valence-electron chi connectivity index (χ3n) is 8.01. The fourth-order valence-corrected chi connectivity index (χ4v) is 6.57. The van der Waals surface area contributed by atoms with Gasteiger partial charge in [-0.1, -0.05) is 36.4 Å². The predicted octanol–water partition coefficient (Wildman–Crippen LogP) is 2.08. The SMILES string of the molecule is C[C@]12O[C@H]([C@H](O)[C@H](O)[C@H]1O)n1c3ccccc3c3c4c(c5c6ccccc6n2c5c31)C(=O)NC4=O. The van der Waals surface area contributed by atoms with Crippen molar-refractivity contribution in [1.29, 1.82) is 0 Å². The molecule has 8 rings (SSSR count). The second-order valence-corrected chi connectivity index (χ2v) is 9.71. The van der Waals surface area contributed by atoms with Gasteiger partial charge in [-0.25, -0.2) is 0 Å². The molecule has 5 aromatic rings. The Morgan fingerprint density at radius 3 is 2.09 bits per heavy atom. The van der Waals surface area contributed by atoms with Crippen molar-refractivity contribution in [2.75, 3.05) is 0 Å². The number of para-hydroxylation sites is 2. The first-order valence-electron chi connectivity index (χ1n) is 11.4. The van der Waals surface area contributed by atoms with Crippen LogP contribution in [0.2, 0.25) is 0 Å². The highest BCUT2D eigenvalue weighted by molar-refractivity contribution is 6.39. The molecule has 35 heavy (non-hydrogen) atoms. The second-order valence-electron chi connectivity index (χ2n) is 9.71. The summed E-state index contributed by atoms with van der Waals surface area (Å²) >= 11 is 0. The van der Waals surface area contributed by atoms with Gasteiger partial charge < -0.3 is 29.2 Å². The summed E-state index contributed by atoms with van der Waals surface area (Å²) in [6.45, 7) is 1.67. The largest absolute Gasteiger partial charge is 0.387 e. The van der Waals surface area contributed by atoms with Crippen LogP contribution in [0.1, 0.15) is 33.9 Å². The second kappa shape index (κ2) is 5.89. The van der Waals surface area contributed by atoms with E-state index in [0.717, 1.165) is 10.8 Å². The molecule has 9 nitrogen and oxygen atoms in total. The van der Waals surface area contributed by atoms with Gasteiger partial charge in [0.15, 0.2) is 12.0 Å². The third-order valence-corrected chi connectivity index (χ3v) is 8.01. The molecule has 9 heteroatoms. The standard InChI is InChI=1S/C26H19N3O6/c1-26-22(32)20(30)21(31)25(35-26)28-12-8-4-2-6-10(12)14-16-17(24(34)27-23(16)33)15-11-7-3-5-9-13(11)29(26)19(15)18(14)28/h2-9,20-22,25,30-32H,1H3,(H,27,33,34)/t20-,21+,22+,25+,26-/m0/s1. The summed E-state index contributed by atoms with van der Waals surface area (Å²) in [6, 6.07) is 14.8. The Hall–Kier alpha value is -3.76. The first kappa shape index (κ1) is 19.5. The summed E-state index contributed by atoms with van der Waals surface area (Å²) in [5, 5.41) is 38.4. The molecule has 0 saturated carbocycles. The number of carbonyl (C=O) groups excluding carboxylic acids is 2. The van der Waals surface area contributed by atoms with E-state index in [4.69, 9.17) is 4.74 Å². The van der Waals surface area contributed by atoms with Gasteiger partial charge in [-0.15, -0.1) is 0 Å². The zero-order valence-electron chi connectivity index (χ0n) is 18.4. The summed E-state index contributed by atoms with van der Waals surface area (Å²) < 4.78 is 10.1. The number of carbonyl (C=O) groups is 2. The number of nitrogens with one attached hydrogen (secondary N) is 1. The molecule has 3 aliphatic rings. The fraction of sp³-hybridized carbons (Fsp3) is 0.231. The van der Waals surface area contributed by atoms with Crippen LogP contribution in [-0.4, -0.2) is 54.6 Å². The zero-order valence-corrected chi connectivity index (χ0v) is 18.4. The number of benzene rings is 3. The van der Waals surface area contributed by atoms with Crippen molar-refractivity contribution in [3.8, 4) is 0 Å². The molecule has 0 unspecified atom stereocenters. The highest BCUT2D eigenvalue weighted by atomic mass is 16.6. The highest BCUT2D eigenvalue weighted by Crippen LogP contribution is 2.53. The molecule has 4 N–H and O–H groups in total. The number of aromatic nitrogens is 2. The van der Waals surface area contributed by atoms with Gasteiger partial charge in [0, 0.05) is 21.5 Å². The van der Waals surface area contributed by atoms with E-state index < -0.39 is 42.1 Å². The summed E-state index contributed by atoms with van der Waals surface area (Å²) in [6.07, 6.45) is -5.47. The van der Waals surface area contributed by atoms with Gasteiger partial charge in [-0.05, 0) is 19.1 Å². The molecule has 5 heterocycles. The van der Waals surface area contributed by atoms with Crippen LogP contribution >= 0.6 is 0 Å². The van der Waals surface area contributed by atoms with Crippen LogP contribution < -0.4 is 5.32 Å². The highest BCUT2D eigenvalue weighted by Gasteiger charge is 2.56. The van der Waals surface area contributed by atoms with E-state index in [9.17, 15) is 24.9 Å². The molecule has 2 aromatic heterocycles. The Kier molecular flexibility index (Phi) is 3.29. The van der Waals surface area contributed by atoms with Crippen LogP contribution in [0.15, 0.2) is 48.5 Å². The van der Waals surface area contributed by atoms with Crippen molar-refractivity contribution in [2.45, 2.75) is 37.2 Å². The van der Waals surface area contributed by atoms with Crippen molar-refractivity contribution < 1.29 is 29.6 Å². The number of hydrogen-bond donors (Lipinski definition) is 4. The molecule has 0 spiro atoms. The Morgan fingerprint density at radius 2 is 1.40 bits per heavy atom.